The Morgan fingerprint density at radius 2 is 2.10 bits per heavy atom. The minimum atomic E-state index is 0.253. The van der Waals surface area contributed by atoms with Gasteiger partial charge in [-0.05, 0) is 23.9 Å². The monoisotopic (exact) mass is 273 g/mol. The Labute approximate surface area is 120 Å². The minimum Gasteiger partial charge on any atom is -0.324 e. The number of hydrogen-bond acceptors (Lipinski definition) is 3. The second kappa shape index (κ2) is 5.54. The number of amides is 1. The summed E-state index contributed by atoms with van der Waals surface area (Å²) in [5.41, 5.74) is 1.53. The first-order valence-corrected chi connectivity index (χ1v) is 7.39. The fourth-order valence-electron chi connectivity index (χ4n) is 3.25. The van der Waals surface area contributed by atoms with Crippen molar-refractivity contribution in [1.29, 1.82) is 0 Å². The molecule has 4 nitrogen and oxygen atoms in total. The molecule has 1 atom stereocenters. The molecule has 2 aliphatic heterocycles. The molecule has 1 N–H and O–H groups in total. The Kier molecular flexibility index (Phi) is 3.76. The number of carbonyl (C=O) groups excluding carboxylic acids is 1. The third kappa shape index (κ3) is 3.02. The third-order valence-electron chi connectivity index (χ3n) is 4.36. The first-order chi connectivity index (χ1) is 9.65. The van der Waals surface area contributed by atoms with Crippen molar-refractivity contribution >= 4 is 5.91 Å². The lowest BCUT2D eigenvalue weighted by Crippen LogP contribution is -2.37. The second-order valence-corrected chi connectivity index (χ2v) is 6.44. The molecule has 2 saturated heterocycles. The molecule has 1 aromatic rings. The lowest BCUT2D eigenvalue weighted by atomic mass is 9.89. The minimum absolute atomic E-state index is 0.253. The van der Waals surface area contributed by atoms with Crippen molar-refractivity contribution in [3.05, 3.63) is 35.9 Å². The van der Waals surface area contributed by atoms with Crippen molar-refractivity contribution < 1.29 is 4.79 Å². The van der Waals surface area contributed by atoms with Crippen LogP contribution in [0.4, 0.5) is 0 Å². The molecule has 0 bridgehead atoms. The van der Waals surface area contributed by atoms with Crippen LogP contribution in [0.2, 0.25) is 0 Å². The molecule has 0 radical (unpaired) electrons. The zero-order valence-corrected chi connectivity index (χ0v) is 12.1. The number of rotatable bonds is 4. The topological polar surface area (TPSA) is 35.6 Å². The van der Waals surface area contributed by atoms with E-state index in [1.54, 1.807) is 0 Å². The average molecular weight is 273 g/mol. The Morgan fingerprint density at radius 3 is 2.80 bits per heavy atom. The second-order valence-electron chi connectivity index (χ2n) is 6.44. The standard InChI is InChI=1S/C16H23N3O/c1-16(7-8-17-11-16)12-18-10-15(20)19(13-18)9-14-5-3-2-4-6-14/h2-6,17H,7-13H2,1H3. The van der Waals surface area contributed by atoms with E-state index in [9.17, 15) is 4.79 Å². The molecule has 0 aliphatic carbocycles. The van der Waals surface area contributed by atoms with Gasteiger partial charge in [0, 0.05) is 19.6 Å². The lowest BCUT2D eigenvalue weighted by Gasteiger charge is -2.28. The molecule has 2 heterocycles. The van der Waals surface area contributed by atoms with Gasteiger partial charge in [-0.2, -0.15) is 0 Å². The van der Waals surface area contributed by atoms with E-state index < -0.39 is 0 Å². The number of nitrogens with zero attached hydrogens (tertiary/aromatic N) is 2. The number of carbonyl (C=O) groups is 1. The van der Waals surface area contributed by atoms with Crippen molar-refractivity contribution in [1.82, 2.24) is 15.1 Å². The van der Waals surface area contributed by atoms with Crippen LogP contribution >= 0.6 is 0 Å². The molecule has 0 saturated carbocycles. The smallest absolute Gasteiger partial charge is 0.238 e. The summed E-state index contributed by atoms with van der Waals surface area (Å²) in [5, 5.41) is 3.42. The maximum absolute atomic E-state index is 12.1. The van der Waals surface area contributed by atoms with E-state index in [2.05, 4.69) is 29.3 Å². The van der Waals surface area contributed by atoms with Crippen LogP contribution in [0.15, 0.2) is 30.3 Å². The molecule has 20 heavy (non-hydrogen) atoms. The molecular formula is C16H23N3O. The molecule has 2 aliphatic rings. The van der Waals surface area contributed by atoms with Crippen LogP contribution in [0.3, 0.4) is 0 Å². The van der Waals surface area contributed by atoms with Gasteiger partial charge in [-0.1, -0.05) is 37.3 Å². The summed E-state index contributed by atoms with van der Waals surface area (Å²) in [7, 11) is 0. The fraction of sp³-hybridized carbons (Fsp3) is 0.562. The van der Waals surface area contributed by atoms with E-state index >= 15 is 0 Å². The molecule has 1 aromatic carbocycles. The summed E-state index contributed by atoms with van der Waals surface area (Å²) in [6.07, 6.45) is 1.20. The van der Waals surface area contributed by atoms with Gasteiger partial charge in [0.25, 0.3) is 0 Å². The number of benzene rings is 1. The van der Waals surface area contributed by atoms with E-state index in [4.69, 9.17) is 0 Å². The van der Waals surface area contributed by atoms with Crippen LogP contribution < -0.4 is 5.32 Å². The first-order valence-electron chi connectivity index (χ1n) is 7.39. The lowest BCUT2D eigenvalue weighted by molar-refractivity contribution is -0.127. The van der Waals surface area contributed by atoms with Gasteiger partial charge in [0.2, 0.25) is 5.91 Å². The Balaban J connectivity index is 1.58. The maximum atomic E-state index is 12.1. The van der Waals surface area contributed by atoms with E-state index in [1.807, 2.05) is 23.1 Å². The van der Waals surface area contributed by atoms with Crippen LogP contribution in [-0.4, -0.2) is 48.6 Å². The van der Waals surface area contributed by atoms with Crippen LogP contribution in [0.1, 0.15) is 18.9 Å². The normalized spacial score (nSPS) is 27.4. The third-order valence-corrected chi connectivity index (χ3v) is 4.36. The summed E-state index contributed by atoms with van der Waals surface area (Å²) in [6.45, 7) is 7.56. The molecule has 1 amide bonds. The van der Waals surface area contributed by atoms with Crippen molar-refractivity contribution in [2.24, 2.45) is 5.41 Å². The predicted molar refractivity (Wildman–Crippen MR) is 79.0 cm³/mol. The molecule has 0 aromatic heterocycles. The number of nitrogens with one attached hydrogen (secondary N) is 1. The van der Waals surface area contributed by atoms with Crippen molar-refractivity contribution in [3.63, 3.8) is 0 Å². The van der Waals surface area contributed by atoms with Crippen molar-refractivity contribution in [2.45, 2.75) is 19.9 Å². The molecule has 1 unspecified atom stereocenters. The van der Waals surface area contributed by atoms with E-state index in [0.717, 1.165) is 32.8 Å². The zero-order chi connectivity index (χ0) is 14.0. The van der Waals surface area contributed by atoms with Gasteiger partial charge in [0.05, 0.1) is 13.2 Å². The number of hydrogen-bond donors (Lipinski definition) is 1. The summed E-state index contributed by atoms with van der Waals surface area (Å²) in [6, 6.07) is 10.2. The SMILES string of the molecule is CC1(CN2CC(=O)N(Cc3ccccc3)C2)CCNC1. The van der Waals surface area contributed by atoms with E-state index in [1.165, 1.54) is 12.0 Å². The van der Waals surface area contributed by atoms with Crippen LogP contribution in [0, 0.1) is 5.41 Å². The van der Waals surface area contributed by atoms with Crippen molar-refractivity contribution in [2.75, 3.05) is 32.8 Å². The van der Waals surface area contributed by atoms with Crippen LogP contribution in [0.5, 0.6) is 0 Å². The van der Waals surface area contributed by atoms with Crippen LogP contribution in [0.25, 0.3) is 0 Å². The largest absolute Gasteiger partial charge is 0.324 e. The summed E-state index contributed by atoms with van der Waals surface area (Å²) >= 11 is 0. The average Bonchev–Trinajstić information content (AvgIpc) is 2.98. The first kappa shape index (κ1) is 13.6. The van der Waals surface area contributed by atoms with E-state index in [0.29, 0.717) is 12.0 Å². The summed E-state index contributed by atoms with van der Waals surface area (Å²) in [5.74, 6) is 0.253. The Bertz CT molecular complexity index is 468. The van der Waals surface area contributed by atoms with Crippen molar-refractivity contribution in [3.8, 4) is 0 Å². The molecule has 108 valence electrons. The van der Waals surface area contributed by atoms with Gasteiger partial charge >= 0.3 is 0 Å². The zero-order valence-electron chi connectivity index (χ0n) is 12.1. The van der Waals surface area contributed by atoms with Gasteiger partial charge < -0.3 is 10.2 Å². The molecule has 4 heteroatoms. The predicted octanol–water partition coefficient (Wildman–Crippen LogP) is 1.29. The molecular weight excluding hydrogens is 250 g/mol. The molecule has 3 rings (SSSR count). The quantitative estimate of drug-likeness (QED) is 0.898. The Hall–Kier alpha value is -1.39. The highest BCUT2D eigenvalue weighted by Gasteiger charge is 2.35. The highest BCUT2D eigenvalue weighted by atomic mass is 16.2. The van der Waals surface area contributed by atoms with Crippen LogP contribution in [-0.2, 0) is 11.3 Å². The summed E-state index contributed by atoms with van der Waals surface area (Å²) in [4.78, 5) is 16.4. The summed E-state index contributed by atoms with van der Waals surface area (Å²) < 4.78 is 0. The van der Waals surface area contributed by atoms with Gasteiger partial charge in [0.15, 0.2) is 0 Å². The van der Waals surface area contributed by atoms with Gasteiger partial charge in [0.1, 0.15) is 0 Å². The fourth-order valence-corrected chi connectivity index (χ4v) is 3.25. The molecule has 2 fully saturated rings. The highest BCUT2D eigenvalue weighted by molar-refractivity contribution is 5.80. The van der Waals surface area contributed by atoms with Gasteiger partial charge in [-0.3, -0.25) is 9.69 Å². The van der Waals surface area contributed by atoms with Gasteiger partial charge in [-0.25, -0.2) is 0 Å². The van der Waals surface area contributed by atoms with Gasteiger partial charge in [-0.15, -0.1) is 0 Å². The van der Waals surface area contributed by atoms with E-state index in [-0.39, 0.29) is 5.91 Å². The Morgan fingerprint density at radius 1 is 1.30 bits per heavy atom. The maximum Gasteiger partial charge on any atom is 0.238 e. The highest BCUT2D eigenvalue weighted by Crippen LogP contribution is 2.27. The molecule has 0 spiro atoms.